The molecule has 0 spiro atoms. The lowest BCUT2D eigenvalue weighted by Crippen LogP contribution is -2.24. The van der Waals surface area contributed by atoms with E-state index < -0.39 is 0 Å². The van der Waals surface area contributed by atoms with Gasteiger partial charge in [-0.1, -0.05) is 27.6 Å². The summed E-state index contributed by atoms with van der Waals surface area (Å²) in [5.74, 6) is 0.190. The van der Waals surface area contributed by atoms with Crippen molar-refractivity contribution < 1.29 is 9.21 Å². The van der Waals surface area contributed by atoms with Crippen molar-refractivity contribution in [3.05, 3.63) is 35.6 Å². The monoisotopic (exact) mass is 281 g/mol. The lowest BCUT2D eigenvalue weighted by Gasteiger charge is -1.97. The van der Waals surface area contributed by atoms with Crippen molar-refractivity contribution in [1.29, 1.82) is 0 Å². The van der Waals surface area contributed by atoms with E-state index in [1.54, 1.807) is 6.07 Å². The molecular weight excluding hydrogens is 270 g/mol. The first-order chi connectivity index (χ1) is 7.70. The van der Waals surface area contributed by atoms with Gasteiger partial charge in [0.25, 0.3) is 5.91 Å². The van der Waals surface area contributed by atoms with Gasteiger partial charge in [0.2, 0.25) is 0 Å². The number of carbonyl (C=O) groups excluding carboxylic acids is 1. The van der Waals surface area contributed by atoms with E-state index in [9.17, 15) is 4.79 Å². The van der Waals surface area contributed by atoms with Crippen molar-refractivity contribution in [1.82, 2.24) is 5.32 Å². The molecule has 0 unspecified atom stereocenters. The Morgan fingerprint density at radius 2 is 2.25 bits per heavy atom. The van der Waals surface area contributed by atoms with Gasteiger partial charge in [-0.15, -0.1) is 0 Å². The average molecular weight is 282 g/mol. The molecule has 0 fully saturated rings. The molecule has 1 N–H and O–H groups in total. The zero-order chi connectivity index (χ0) is 11.5. The van der Waals surface area contributed by atoms with Crippen LogP contribution in [0.25, 0.3) is 11.0 Å². The van der Waals surface area contributed by atoms with Gasteiger partial charge in [0.05, 0.1) is 0 Å². The number of halogens is 1. The highest BCUT2D eigenvalue weighted by molar-refractivity contribution is 9.09. The Labute approximate surface area is 102 Å². The first-order valence-electron chi connectivity index (χ1n) is 5.05. The fourth-order valence-electron chi connectivity index (χ4n) is 1.52. The van der Waals surface area contributed by atoms with Crippen LogP contribution in [0.3, 0.4) is 0 Å². The summed E-state index contributed by atoms with van der Waals surface area (Å²) in [6.45, 7) is 2.60. The summed E-state index contributed by atoms with van der Waals surface area (Å²) in [4.78, 5) is 11.6. The molecule has 0 bridgehead atoms. The average Bonchev–Trinajstić information content (AvgIpc) is 2.68. The zero-order valence-corrected chi connectivity index (χ0v) is 10.5. The van der Waals surface area contributed by atoms with Crippen molar-refractivity contribution in [2.45, 2.75) is 6.92 Å². The molecule has 1 amide bonds. The summed E-state index contributed by atoms with van der Waals surface area (Å²) in [7, 11) is 0. The van der Waals surface area contributed by atoms with Crippen molar-refractivity contribution in [3.63, 3.8) is 0 Å². The van der Waals surface area contributed by atoms with Crippen LogP contribution in [0.5, 0.6) is 0 Å². The molecule has 0 aliphatic rings. The first-order valence-corrected chi connectivity index (χ1v) is 6.17. The molecular formula is C12H12BrNO2. The predicted octanol–water partition coefficient (Wildman–Crippen LogP) is 2.87. The van der Waals surface area contributed by atoms with Crippen LogP contribution < -0.4 is 5.32 Å². The van der Waals surface area contributed by atoms with E-state index >= 15 is 0 Å². The maximum Gasteiger partial charge on any atom is 0.287 e. The number of aryl methyl sites for hydroxylation is 1. The van der Waals surface area contributed by atoms with Crippen molar-refractivity contribution in [2.75, 3.05) is 11.9 Å². The van der Waals surface area contributed by atoms with Crippen molar-refractivity contribution in [2.24, 2.45) is 0 Å². The maximum atomic E-state index is 11.6. The molecule has 0 saturated carbocycles. The number of furan rings is 1. The minimum absolute atomic E-state index is 0.173. The van der Waals surface area contributed by atoms with Gasteiger partial charge < -0.3 is 9.73 Å². The lowest BCUT2D eigenvalue weighted by molar-refractivity contribution is 0.0931. The normalized spacial score (nSPS) is 10.6. The number of rotatable bonds is 3. The van der Waals surface area contributed by atoms with Gasteiger partial charge in [-0.3, -0.25) is 4.79 Å². The van der Waals surface area contributed by atoms with Gasteiger partial charge >= 0.3 is 0 Å². The number of benzene rings is 1. The lowest BCUT2D eigenvalue weighted by atomic mass is 10.2. The number of carbonyl (C=O) groups is 1. The second-order valence-corrected chi connectivity index (χ2v) is 4.39. The molecule has 0 radical (unpaired) electrons. The zero-order valence-electron chi connectivity index (χ0n) is 8.92. The number of hydrogen-bond donors (Lipinski definition) is 1. The highest BCUT2D eigenvalue weighted by Gasteiger charge is 2.11. The fraction of sp³-hybridized carbons (Fsp3) is 0.250. The number of fused-ring (bicyclic) bond motifs is 1. The smallest absolute Gasteiger partial charge is 0.287 e. The van der Waals surface area contributed by atoms with Crippen molar-refractivity contribution in [3.8, 4) is 0 Å². The second kappa shape index (κ2) is 4.70. The van der Waals surface area contributed by atoms with E-state index in [1.165, 1.54) is 0 Å². The summed E-state index contributed by atoms with van der Waals surface area (Å²) >= 11 is 3.25. The number of nitrogens with one attached hydrogen (secondary N) is 1. The standard InChI is InChI=1S/C12H12BrNO2/c1-8-2-3-10-9(6-8)7-11(16-10)12(15)14-5-4-13/h2-3,6-7H,4-5H2,1H3,(H,14,15). The molecule has 1 aromatic heterocycles. The SMILES string of the molecule is Cc1ccc2oc(C(=O)NCCBr)cc2c1. The molecule has 3 nitrogen and oxygen atoms in total. The Hall–Kier alpha value is -1.29. The summed E-state index contributed by atoms with van der Waals surface area (Å²) in [6.07, 6.45) is 0. The summed E-state index contributed by atoms with van der Waals surface area (Å²) in [5.41, 5.74) is 1.90. The molecule has 0 atom stereocenters. The second-order valence-electron chi connectivity index (χ2n) is 3.60. The van der Waals surface area contributed by atoms with Crippen molar-refractivity contribution >= 4 is 32.8 Å². The highest BCUT2D eigenvalue weighted by Crippen LogP contribution is 2.20. The van der Waals surface area contributed by atoms with Gasteiger partial charge in [0.15, 0.2) is 5.76 Å². The third-order valence-corrected chi connectivity index (χ3v) is 2.67. The maximum absolute atomic E-state index is 11.6. The number of alkyl halides is 1. The molecule has 1 aromatic carbocycles. The van der Waals surface area contributed by atoms with E-state index in [4.69, 9.17) is 4.42 Å². The van der Waals surface area contributed by atoms with Crippen LogP contribution in [0, 0.1) is 6.92 Å². The van der Waals surface area contributed by atoms with E-state index in [1.807, 2.05) is 25.1 Å². The Bertz CT molecular complexity index is 519. The predicted molar refractivity (Wildman–Crippen MR) is 67.1 cm³/mol. The van der Waals surface area contributed by atoms with Crippen LogP contribution in [0.4, 0.5) is 0 Å². The molecule has 0 saturated heterocycles. The molecule has 2 rings (SSSR count). The van der Waals surface area contributed by atoms with Crippen LogP contribution in [0.2, 0.25) is 0 Å². The third-order valence-electron chi connectivity index (χ3n) is 2.28. The molecule has 2 aromatic rings. The number of hydrogen-bond acceptors (Lipinski definition) is 2. The largest absolute Gasteiger partial charge is 0.451 e. The minimum atomic E-state index is -0.173. The van der Waals surface area contributed by atoms with Crippen LogP contribution in [-0.4, -0.2) is 17.8 Å². The van der Waals surface area contributed by atoms with E-state index in [2.05, 4.69) is 21.2 Å². The van der Waals surface area contributed by atoms with Gasteiger partial charge in [-0.25, -0.2) is 0 Å². The van der Waals surface area contributed by atoms with Crippen LogP contribution >= 0.6 is 15.9 Å². The third kappa shape index (κ3) is 2.27. The first kappa shape index (κ1) is 11.2. The Morgan fingerprint density at radius 1 is 1.44 bits per heavy atom. The molecule has 0 aliphatic heterocycles. The summed E-state index contributed by atoms with van der Waals surface area (Å²) < 4.78 is 5.45. The van der Waals surface area contributed by atoms with Gasteiger partial charge in [-0.2, -0.15) is 0 Å². The minimum Gasteiger partial charge on any atom is -0.451 e. The fourth-order valence-corrected chi connectivity index (χ4v) is 1.72. The molecule has 0 aliphatic carbocycles. The van der Waals surface area contributed by atoms with E-state index in [0.29, 0.717) is 12.3 Å². The molecule has 16 heavy (non-hydrogen) atoms. The Kier molecular flexibility index (Phi) is 3.29. The number of amides is 1. The summed E-state index contributed by atoms with van der Waals surface area (Å²) in [6, 6.07) is 7.62. The quantitative estimate of drug-likeness (QED) is 0.879. The van der Waals surface area contributed by atoms with E-state index in [-0.39, 0.29) is 5.91 Å². The Morgan fingerprint density at radius 3 is 3.00 bits per heavy atom. The Balaban J connectivity index is 2.28. The molecule has 4 heteroatoms. The van der Waals surface area contributed by atoms with Gasteiger partial charge in [0.1, 0.15) is 5.58 Å². The summed E-state index contributed by atoms with van der Waals surface area (Å²) in [5, 5.41) is 4.44. The van der Waals surface area contributed by atoms with Gasteiger partial charge in [0, 0.05) is 17.3 Å². The van der Waals surface area contributed by atoms with E-state index in [0.717, 1.165) is 21.9 Å². The van der Waals surface area contributed by atoms with Crippen LogP contribution in [-0.2, 0) is 0 Å². The highest BCUT2D eigenvalue weighted by atomic mass is 79.9. The molecule has 84 valence electrons. The van der Waals surface area contributed by atoms with Crippen LogP contribution in [0.1, 0.15) is 16.1 Å². The van der Waals surface area contributed by atoms with Gasteiger partial charge in [-0.05, 0) is 25.1 Å². The van der Waals surface area contributed by atoms with Crippen LogP contribution in [0.15, 0.2) is 28.7 Å². The molecule has 1 heterocycles. The topological polar surface area (TPSA) is 42.2 Å².